The number of carbonyl (C=O) groups is 1. The van der Waals surface area contributed by atoms with Crippen molar-refractivity contribution in [2.24, 2.45) is 17.8 Å². The molecule has 0 N–H and O–H groups in total. The predicted molar refractivity (Wildman–Crippen MR) is 52.2 cm³/mol. The van der Waals surface area contributed by atoms with Crippen molar-refractivity contribution in [2.45, 2.75) is 39.7 Å². The zero-order valence-electron chi connectivity index (χ0n) is 8.79. The molecule has 1 unspecified atom stereocenters. The fourth-order valence-corrected chi connectivity index (χ4v) is 2.87. The molecule has 2 fully saturated rings. The van der Waals surface area contributed by atoms with Gasteiger partial charge in [0.25, 0.3) is 0 Å². The number of likely N-dealkylation sites (tertiary alicyclic amines) is 1. The molecule has 0 radical (unpaired) electrons. The highest BCUT2D eigenvalue weighted by molar-refractivity contribution is 5.80. The second kappa shape index (κ2) is 3.00. The monoisotopic (exact) mass is 181 g/mol. The third kappa shape index (κ3) is 1.27. The highest BCUT2D eigenvalue weighted by atomic mass is 16.2. The van der Waals surface area contributed by atoms with E-state index in [1.807, 2.05) is 0 Å². The van der Waals surface area contributed by atoms with Crippen LogP contribution in [0.4, 0.5) is 0 Å². The van der Waals surface area contributed by atoms with Crippen molar-refractivity contribution in [3.05, 3.63) is 0 Å². The van der Waals surface area contributed by atoms with E-state index in [9.17, 15) is 4.79 Å². The number of amides is 1. The molecule has 1 heterocycles. The van der Waals surface area contributed by atoms with E-state index in [0.717, 1.165) is 18.9 Å². The van der Waals surface area contributed by atoms with Crippen molar-refractivity contribution in [2.75, 3.05) is 6.54 Å². The quantitative estimate of drug-likeness (QED) is 0.605. The molecule has 0 aromatic rings. The lowest BCUT2D eigenvalue weighted by Gasteiger charge is -2.38. The number of fused-ring (bicyclic) bond motifs is 2. The van der Waals surface area contributed by atoms with Gasteiger partial charge in [-0.15, -0.1) is 0 Å². The van der Waals surface area contributed by atoms with Crippen LogP contribution in [0.15, 0.2) is 0 Å². The maximum atomic E-state index is 12.0. The Morgan fingerprint density at radius 1 is 1.38 bits per heavy atom. The summed E-state index contributed by atoms with van der Waals surface area (Å²) in [6.07, 6.45) is 2.40. The summed E-state index contributed by atoms with van der Waals surface area (Å²) in [6.45, 7) is 7.49. The van der Waals surface area contributed by atoms with Gasteiger partial charge in [0.1, 0.15) is 0 Å². The molecule has 2 aliphatic rings. The second-order valence-corrected chi connectivity index (χ2v) is 4.89. The van der Waals surface area contributed by atoms with Crippen molar-refractivity contribution in [1.82, 2.24) is 4.90 Å². The van der Waals surface area contributed by atoms with Crippen LogP contribution in [-0.4, -0.2) is 23.4 Å². The SMILES string of the molecule is CC1[C@H]2CC[C@@H]1C(=O)N(C(C)C)C2. The van der Waals surface area contributed by atoms with Crippen molar-refractivity contribution in [3.63, 3.8) is 0 Å². The third-order valence-corrected chi connectivity index (χ3v) is 3.88. The van der Waals surface area contributed by atoms with Gasteiger partial charge in [0.05, 0.1) is 0 Å². The maximum absolute atomic E-state index is 12.0. The summed E-state index contributed by atoms with van der Waals surface area (Å²) < 4.78 is 0. The molecule has 74 valence electrons. The molecule has 1 aliphatic carbocycles. The van der Waals surface area contributed by atoms with E-state index in [1.165, 1.54) is 6.42 Å². The highest BCUT2D eigenvalue weighted by Gasteiger charge is 2.45. The van der Waals surface area contributed by atoms with Gasteiger partial charge >= 0.3 is 0 Å². The van der Waals surface area contributed by atoms with Gasteiger partial charge in [-0.05, 0) is 38.5 Å². The molecule has 1 saturated heterocycles. The smallest absolute Gasteiger partial charge is 0.226 e. The Morgan fingerprint density at radius 3 is 2.69 bits per heavy atom. The van der Waals surface area contributed by atoms with E-state index >= 15 is 0 Å². The summed E-state index contributed by atoms with van der Waals surface area (Å²) in [5.41, 5.74) is 0. The third-order valence-electron chi connectivity index (χ3n) is 3.88. The van der Waals surface area contributed by atoms with Crippen LogP contribution in [0.1, 0.15) is 33.6 Å². The van der Waals surface area contributed by atoms with Crippen LogP contribution in [0, 0.1) is 17.8 Å². The summed E-state index contributed by atoms with van der Waals surface area (Å²) in [7, 11) is 0. The van der Waals surface area contributed by atoms with Crippen molar-refractivity contribution >= 4 is 5.91 Å². The minimum absolute atomic E-state index is 0.348. The van der Waals surface area contributed by atoms with Gasteiger partial charge in [0.15, 0.2) is 0 Å². The van der Waals surface area contributed by atoms with Crippen LogP contribution in [0.25, 0.3) is 0 Å². The lowest BCUT2D eigenvalue weighted by atomic mass is 9.86. The summed E-state index contributed by atoms with van der Waals surface area (Å²) in [5, 5.41) is 0. The molecule has 2 nitrogen and oxygen atoms in total. The summed E-state index contributed by atoms with van der Waals surface area (Å²) in [5.74, 6) is 2.19. The molecule has 3 atom stereocenters. The zero-order chi connectivity index (χ0) is 9.59. The normalized spacial score (nSPS) is 38.9. The van der Waals surface area contributed by atoms with Gasteiger partial charge in [-0.3, -0.25) is 4.79 Å². The van der Waals surface area contributed by atoms with Crippen molar-refractivity contribution in [3.8, 4) is 0 Å². The van der Waals surface area contributed by atoms with Crippen LogP contribution in [0.5, 0.6) is 0 Å². The fraction of sp³-hybridized carbons (Fsp3) is 0.909. The van der Waals surface area contributed by atoms with E-state index in [2.05, 4.69) is 25.7 Å². The number of carbonyl (C=O) groups excluding carboxylic acids is 1. The van der Waals surface area contributed by atoms with Crippen LogP contribution in [-0.2, 0) is 4.79 Å². The lowest BCUT2D eigenvalue weighted by Crippen LogP contribution is -2.48. The Morgan fingerprint density at radius 2 is 2.08 bits per heavy atom. The Balaban J connectivity index is 2.18. The Bertz CT molecular complexity index is 224. The molecule has 2 rings (SSSR count). The molecule has 0 aromatic heterocycles. The Hall–Kier alpha value is -0.530. The van der Waals surface area contributed by atoms with E-state index in [0.29, 0.717) is 23.8 Å². The summed E-state index contributed by atoms with van der Waals surface area (Å²) in [6, 6.07) is 0.392. The molecule has 0 aromatic carbocycles. The van der Waals surface area contributed by atoms with E-state index < -0.39 is 0 Å². The first-order chi connectivity index (χ1) is 6.11. The molecule has 13 heavy (non-hydrogen) atoms. The van der Waals surface area contributed by atoms with Crippen molar-refractivity contribution < 1.29 is 4.79 Å². The zero-order valence-corrected chi connectivity index (χ0v) is 8.79. The number of rotatable bonds is 1. The largest absolute Gasteiger partial charge is 0.340 e. The van der Waals surface area contributed by atoms with E-state index in [-0.39, 0.29) is 0 Å². The number of nitrogens with zero attached hydrogens (tertiary/aromatic N) is 1. The van der Waals surface area contributed by atoms with Crippen LogP contribution in [0.3, 0.4) is 0 Å². The average Bonchev–Trinajstić information content (AvgIpc) is 2.29. The first kappa shape index (κ1) is 9.04. The van der Waals surface area contributed by atoms with Gasteiger partial charge in [0.2, 0.25) is 5.91 Å². The highest BCUT2D eigenvalue weighted by Crippen LogP contribution is 2.42. The topological polar surface area (TPSA) is 20.3 Å². The van der Waals surface area contributed by atoms with Crippen molar-refractivity contribution in [1.29, 1.82) is 0 Å². The Kier molecular flexibility index (Phi) is 2.09. The van der Waals surface area contributed by atoms with Crippen LogP contribution in [0.2, 0.25) is 0 Å². The molecule has 2 bridgehead atoms. The molecular weight excluding hydrogens is 162 g/mol. The minimum Gasteiger partial charge on any atom is -0.340 e. The minimum atomic E-state index is 0.348. The molecule has 1 amide bonds. The molecule has 1 aliphatic heterocycles. The summed E-state index contributed by atoms with van der Waals surface area (Å²) in [4.78, 5) is 14.0. The van der Waals surface area contributed by atoms with E-state index in [1.54, 1.807) is 0 Å². The molecule has 2 heteroatoms. The molecule has 1 saturated carbocycles. The fourth-order valence-electron chi connectivity index (χ4n) is 2.87. The standard InChI is InChI=1S/C11H19NO/c1-7(2)12-6-9-4-5-10(8(9)3)11(12)13/h7-10H,4-6H2,1-3H3/t8?,9-,10-/m0/s1. The van der Waals surface area contributed by atoms with Gasteiger partial charge in [-0.1, -0.05) is 6.92 Å². The van der Waals surface area contributed by atoms with Gasteiger partial charge in [-0.2, -0.15) is 0 Å². The number of hydrogen-bond acceptors (Lipinski definition) is 1. The number of piperidine rings is 1. The molecule has 0 spiro atoms. The Labute approximate surface area is 80.3 Å². The second-order valence-electron chi connectivity index (χ2n) is 4.89. The predicted octanol–water partition coefficient (Wildman–Crippen LogP) is 1.90. The van der Waals surface area contributed by atoms with Crippen LogP contribution < -0.4 is 0 Å². The lowest BCUT2D eigenvalue weighted by molar-refractivity contribution is -0.142. The average molecular weight is 181 g/mol. The maximum Gasteiger partial charge on any atom is 0.226 e. The van der Waals surface area contributed by atoms with E-state index in [4.69, 9.17) is 0 Å². The first-order valence-corrected chi connectivity index (χ1v) is 5.41. The van der Waals surface area contributed by atoms with Gasteiger partial charge in [-0.25, -0.2) is 0 Å². The summed E-state index contributed by atoms with van der Waals surface area (Å²) >= 11 is 0. The van der Waals surface area contributed by atoms with Gasteiger partial charge in [0, 0.05) is 18.5 Å². The van der Waals surface area contributed by atoms with Crippen LogP contribution >= 0.6 is 0 Å². The van der Waals surface area contributed by atoms with Gasteiger partial charge < -0.3 is 4.90 Å². The molecular formula is C11H19NO. The number of hydrogen-bond donors (Lipinski definition) is 0. The first-order valence-electron chi connectivity index (χ1n) is 5.41.